The van der Waals surface area contributed by atoms with E-state index in [1.54, 1.807) is 13.8 Å². The fourth-order valence-corrected chi connectivity index (χ4v) is 3.12. The van der Waals surface area contributed by atoms with E-state index in [0.717, 1.165) is 4.57 Å². The molecule has 0 aliphatic rings. The second-order valence-electron chi connectivity index (χ2n) is 5.34. The van der Waals surface area contributed by atoms with Crippen molar-refractivity contribution >= 4 is 21.3 Å². The van der Waals surface area contributed by atoms with Crippen molar-refractivity contribution in [3.8, 4) is 11.4 Å². The molecule has 0 bridgehead atoms. The van der Waals surface area contributed by atoms with Crippen LogP contribution in [-0.2, 0) is 23.2 Å². The third-order valence-corrected chi connectivity index (χ3v) is 4.76. The zero-order chi connectivity index (χ0) is 18.4. The van der Waals surface area contributed by atoms with Gasteiger partial charge in [-0.15, -0.1) is 0 Å². The first-order valence-electron chi connectivity index (χ1n) is 7.57. The number of aromatic nitrogens is 4. The largest absolute Gasteiger partial charge is 1.00 e. The third kappa shape index (κ3) is 3.65. The number of nitrogens with one attached hydrogen (secondary N) is 1. The van der Waals surface area contributed by atoms with E-state index in [0.29, 0.717) is 17.9 Å². The summed E-state index contributed by atoms with van der Waals surface area (Å²) in [6, 6.07) is 5.16. The summed E-state index contributed by atoms with van der Waals surface area (Å²) in [5.74, 6) is 0.303. The fourth-order valence-electron chi connectivity index (χ4n) is 2.65. The second-order valence-corrected chi connectivity index (χ2v) is 6.72. The fraction of sp³-hybridized carbons (Fsp3) is 0.267. The zero-order valence-electron chi connectivity index (χ0n) is 14.5. The molecule has 0 saturated heterocycles. The molecule has 0 spiro atoms. The number of fused-ring (bicyclic) bond motifs is 1. The second kappa shape index (κ2) is 7.88. The smallest absolute Gasteiger partial charge is 0.744 e. The number of aromatic amines is 1. The molecule has 3 rings (SSSR count). The quantitative estimate of drug-likeness (QED) is 0.379. The molecule has 0 atom stereocenters. The van der Waals surface area contributed by atoms with Crippen molar-refractivity contribution in [2.24, 2.45) is 0 Å². The van der Waals surface area contributed by atoms with Gasteiger partial charge in [-0.1, -0.05) is 12.1 Å². The SMILES string of the molecule is CCn1c(=O)c2[nH]c(-c3ccc(S(=O)(=O)[O-])cc3)nc2n(CC)c1=O.[K+]. The molecule has 2 heterocycles. The Morgan fingerprint density at radius 3 is 2.15 bits per heavy atom. The summed E-state index contributed by atoms with van der Waals surface area (Å²) in [6.07, 6.45) is 0. The zero-order valence-corrected chi connectivity index (χ0v) is 18.5. The molecule has 1 aromatic carbocycles. The number of hydrogen-bond donors (Lipinski definition) is 1. The third-order valence-electron chi connectivity index (χ3n) is 3.91. The van der Waals surface area contributed by atoms with Gasteiger partial charge in [0, 0.05) is 18.7 Å². The number of aryl methyl sites for hydroxylation is 1. The van der Waals surface area contributed by atoms with Crippen molar-refractivity contribution < 1.29 is 64.4 Å². The van der Waals surface area contributed by atoms with Gasteiger partial charge in [-0.25, -0.2) is 18.2 Å². The van der Waals surface area contributed by atoms with Crippen molar-refractivity contribution in [1.29, 1.82) is 0 Å². The number of hydrogen-bond acceptors (Lipinski definition) is 6. The van der Waals surface area contributed by atoms with Gasteiger partial charge in [0.05, 0.1) is 4.90 Å². The van der Waals surface area contributed by atoms with Crippen molar-refractivity contribution in [2.75, 3.05) is 0 Å². The van der Waals surface area contributed by atoms with Gasteiger partial charge >= 0.3 is 57.1 Å². The van der Waals surface area contributed by atoms with Crippen LogP contribution in [0.4, 0.5) is 0 Å². The van der Waals surface area contributed by atoms with Gasteiger partial charge in [-0.3, -0.25) is 13.9 Å². The summed E-state index contributed by atoms with van der Waals surface area (Å²) in [6.45, 7) is 4.05. The van der Waals surface area contributed by atoms with Gasteiger partial charge in [0.15, 0.2) is 5.65 Å². The maximum Gasteiger partial charge on any atom is 1.00 e. The molecule has 0 radical (unpaired) electrons. The molecule has 0 amide bonds. The predicted octanol–water partition coefficient (Wildman–Crippen LogP) is -2.50. The molecule has 0 aliphatic carbocycles. The number of imidazole rings is 1. The summed E-state index contributed by atoms with van der Waals surface area (Å²) in [5, 5.41) is 0. The molecule has 3 aromatic rings. The van der Waals surface area contributed by atoms with Crippen LogP contribution in [0, 0.1) is 0 Å². The van der Waals surface area contributed by atoms with Crippen LogP contribution in [0.1, 0.15) is 13.8 Å². The molecule has 0 unspecified atom stereocenters. The molecule has 2 aromatic heterocycles. The van der Waals surface area contributed by atoms with Crippen LogP contribution < -0.4 is 62.6 Å². The predicted molar refractivity (Wildman–Crippen MR) is 89.4 cm³/mol. The standard InChI is InChI=1S/C15H16N4O5S.K/c1-3-18-13-11(14(20)19(4-2)15(18)21)16-12(17-13)9-5-7-10(8-6-9)25(22,23)24;/h5-8H,3-4H2,1-2H3,(H,16,17)(H,22,23,24);/q;+1/p-1. The maximum atomic E-state index is 12.4. The van der Waals surface area contributed by atoms with Gasteiger partial charge in [0.2, 0.25) is 0 Å². The van der Waals surface area contributed by atoms with E-state index in [4.69, 9.17) is 0 Å². The van der Waals surface area contributed by atoms with Gasteiger partial charge in [0.1, 0.15) is 21.5 Å². The molecule has 9 nitrogen and oxygen atoms in total. The first-order valence-corrected chi connectivity index (χ1v) is 8.98. The molecule has 26 heavy (non-hydrogen) atoms. The molecule has 0 aliphatic heterocycles. The van der Waals surface area contributed by atoms with Gasteiger partial charge in [-0.05, 0) is 26.0 Å². The minimum absolute atomic E-state index is 0. The van der Waals surface area contributed by atoms with E-state index in [-0.39, 0.29) is 74.0 Å². The Morgan fingerprint density at radius 2 is 1.65 bits per heavy atom. The number of rotatable bonds is 4. The van der Waals surface area contributed by atoms with Gasteiger partial charge < -0.3 is 9.54 Å². The molecule has 0 fully saturated rings. The Kier molecular flexibility index (Phi) is 6.43. The number of nitrogens with zero attached hydrogens (tertiary/aromatic N) is 3. The summed E-state index contributed by atoms with van der Waals surface area (Å²) in [5.41, 5.74) is 0.00995. The summed E-state index contributed by atoms with van der Waals surface area (Å²) < 4.78 is 35.5. The van der Waals surface area contributed by atoms with Crippen LogP contribution in [0.2, 0.25) is 0 Å². The van der Waals surface area contributed by atoms with Crippen molar-refractivity contribution in [2.45, 2.75) is 31.8 Å². The first kappa shape index (κ1) is 21.2. The summed E-state index contributed by atoms with van der Waals surface area (Å²) in [7, 11) is -4.54. The van der Waals surface area contributed by atoms with E-state index < -0.39 is 21.4 Å². The Bertz CT molecular complexity index is 1180. The molecule has 132 valence electrons. The van der Waals surface area contributed by atoms with Crippen LogP contribution in [0.5, 0.6) is 0 Å². The first-order chi connectivity index (χ1) is 11.8. The van der Waals surface area contributed by atoms with E-state index >= 15 is 0 Å². The van der Waals surface area contributed by atoms with Crippen LogP contribution in [0.15, 0.2) is 38.8 Å². The Balaban J connectivity index is 0.00000243. The van der Waals surface area contributed by atoms with Gasteiger partial charge in [0.25, 0.3) is 5.56 Å². The Labute approximate surface area is 191 Å². The van der Waals surface area contributed by atoms with Crippen molar-refractivity contribution in [3.05, 3.63) is 45.1 Å². The van der Waals surface area contributed by atoms with Crippen molar-refractivity contribution in [1.82, 2.24) is 19.1 Å². The summed E-state index contributed by atoms with van der Waals surface area (Å²) >= 11 is 0. The van der Waals surface area contributed by atoms with Gasteiger partial charge in [-0.2, -0.15) is 0 Å². The van der Waals surface area contributed by atoms with E-state index in [1.807, 2.05) is 0 Å². The average molecular weight is 402 g/mol. The molecule has 0 saturated carbocycles. The molecular formula is C15H15KN4O5S. The summed E-state index contributed by atoms with van der Waals surface area (Å²) in [4.78, 5) is 31.6. The van der Waals surface area contributed by atoms with Crippen LogP contribution in [0.25, 0.3) is 22.6 Å². The van der Waals surface area contributed by atoms with Crippen LogP contribution in [0.3, 0.4) is 0 Å². The number of benzene rings is 1. The maximum absolute atomic E-state index is 12.4. The normalized spacial score (nSPS) is 11.5. The minimum Gasteiger partial charge on any atom is -0.744 e. The monoisotopic (exact) mass is 402 g/mol. The van der Waals surface area contributed by atoms with Crippen LogP contribution >= 0.6 is 0 Å². The Hall–Kier alpha value is -1.08. The van der Waals surface area contributed by atoms with Crippen LogP contribution in [-0.4, -0.2) is 32.1 Å². The molecular weight excluding hydrogens is 387 g/mol. The minimum atomic E-state index is -4.54. The molecule has 1 N–H and O–H groups in total. The van der Waals surface area contributed by atoms with E-state index in [9.17, 15) is 22.6 Å². The van der Waals surface area contributed by atoms with E-state index in [1.165, 1.54) is 28.8 Å². The molecule has 11 heteroatoms. The number of H-pyrrole nitrogens is 1. The van der Waals surface area contributed by atoms with E-state index in [2.05, 4.69) is 9.97 Å². The Morgan fingerprint density at radius 1 is 1.08 bits per heavy atom. The van der Waals surface area contributed by atoms with Crippen molar-refractivity contribution in [3.63, 3.8) is 0 Å². The average Bonchev–Trinajstić information content (AvgIpc) is 3.00. The topological polar surface area (TPSA) is 130 Å².